The highest BCUT2D eigenvalue weighted by Crippen LogP contribution is 2.29. The van der Waals surface area contributed by atoms with E-state index in [4.69, 9.17) is 4.74 Å². The van der Waals surface area contributed by atoms with E-state index in [1.54, 1.807) is 38.1 Å². The molecule has 13 heteroatoms. The first-order chi connectivity index (χ1) is 19.4. The first-order valence-electron chi connectivity index (χ1n) is 12.6. The second-order valence-electron chi connectivity index (χ2n) is 9.13. The molecule has 0 unspecified atom stereocenters. The van der Waals surface area contributed by atoms with E-state index in [9.17, 15) is 28.1 Å². The molecule has 41 heavy (non-hydrogen) atoms. The van der Waals surface area contributed by atoms with Gasteiger partial charge < -0.3 is 15.0 Å². The van der Waals surface area contributed by atoms with Gasteiger partial charge in [-0.2, -0.15) is 0 Å². The molecule has 0 aliphatic heterocycles. The van der Waals surface area contributed by atoms with E-state index in [1.165, 1.54) is 55.3 Å². The molecule has 0 heterocycles. The summed E-state index contributed by atoms with van der Waals surface area (Å²) in [7, 11) is -3.02. The van der Waals surface area contributed by atoms with Crippen molar-refractivity contribution in [2.24, 2.45) is 0 Å². The molecule has 0 spiro atoms. The van der Waals surface area contributed by atoms with Gasteiger partial charge in [-0.05, 0) is 68.8 Å². The number of likely N-dealkylation sites (N-methyl/N-ethyl adjacent to an activating group) is 1. The summed E-state index contributed by atoms with van der Waals surface area (Å²) >= 11 is 3.38. The molecule has 0 saturated carbocycles. The van der Waals surface area contributed by atoms with Crippen molar-refractivity contribution < 1.29 is 27.7 Å². The van der Waals surface area contributed by atoms with Crippen molar-refractivity contribution in [1.82, 2.24) is 10.2 Å². The lowest BCUT2D eigenvalue weighted by Crippen LogP contribution is -2.51. The number of nitrogens with one attached hydrogen (secondary N) is 1. The number of carbonyl (C=O) groups excluding carboxylic acids is 2. The quantitative estimate of drug-likeness (QED) is 0.227. The van der Waals surface area contributed by atoms with Gasteiger partial charge in [0.05, 0.1) is 22.6 Å². The molecular formula is C28H31BrN4O7S. The summed E-state index contributed by atoms with van der Waals surface area (Å²) in [5.41, 5.74) is 0.786. The molecule has 0 aliphatic rings. The van der Waals surface area contributed by atoms with Gasteiger partial charge in [-0.1, -0.05) is 34.1 Å². The number of aryl methyl sites for hydroxylation is 1. The van der Waals surface area contributed by atoms with Gasteiger partial charge in [-0.25, -0.2) is 8.42 Å². The number of hydrogen-bond acceptors (Lipinski definition) is 7. The van der Waals surface area contributed by atoms with Crippen molar-refractivity contribution in [3.63, 3.8) is 0 Å². The van der Waals surface area contributed by atoms with Crippen molar-refractivity contribution in [1.29, 1.82) is 0 Å². The van der Waals surface area contributed by atoms with Crippen LogP contribution in [0.5, 0.6) is 5.75 Å². The topological polar surface area (TPSA) is 139 Å². The van der Waals surface area contributed by atoms with Crippen molar-refractivity contribution in [3.8, 4) is 5.75 Å². The van der Waals surface area contributed by atoms with Crippen LogP contribution in [-0.2, 0) is 26.2 Å². The van der Waals surface area contributed by atoms with Gasteiger partial charge >= 0.3 is 0 Å². The third-order valence-electron chi connectivity index (χ3n) is 6.39. The molecule has 1 atom stereocenters. The van der Waals surface area contributed by atoms with Crippen LogP contribution in [0.3, 0.4) is 0 Å². The normalized spacial score (nSPS) is 11.8. The Morgan fingerprint density at radius 2 is 1.71 bits per heavy atom. The van der Waals surface area contributed by atoms with Crippen LogP contribution in [0.4, 0.5) is 11.4 Å². The van der Waals surface area contributed by atoms with Crippen LogP contribution in [0, 0.1) is 17.0 Å². The Labute approximate surface area is 247 Å². The van der Waals surface area contributed by atoms with Crippen LogP contribution in [0.15, 0.2) is 76.1 Å². The van der Waals surface area contributed by atoms with Crippen LogP contribution in [0.1, 0.15) is 25.0 Å². The van der Waals surface area contributed by atoms with Crippen LogP contribution in [0.25, 0.3) is 0 Å². The number of methoxy groups -OCH3 is 1. The monoisotopic (exact) mass is 646 g/mol. The largest absolute Gasteiger partial charge is 0.497 e. The summed E-state index contributed by atoms with van der Waals surface area (Å²) < 4.78 is 34.8. The van der Waals surface area contributed by atoms with Crippen molar-refractivity contribution >= 4 is 49.1 Å². The molecule has 2 amide bonds. The Kier molecular flexibility index (Phi) is 10.5. The molecule has 0 fully saturated rings. The number of nitro benzene ring substituents is 1. The van der Waals surface area contributed by atoms with Gasteiger partial charge in [0.1, 0.15) is 18.3 Å². The zero-order valence-electron chi connectivity index (χ0n) is 23.0. The van der Waals surface area contributed by atoms with Gasteiger partial charge in [-0.15, -0.1) is 0 Å². The molecular weight excluding hydrogens is 616 g/mol. The summed E-state index contributed by atoms with van der Waals surface area (Å²) in [6, 6.07) is 15.8. The molecule has 3 rings (SSSR count). The average Bonchev–Trinajstić information content (AvgIpc) is 2.95. The van der Waals surface area contributed by atoms with Crippen LogP contribution >= 0.6 is 15.9 Å². The molecule has 218 valence electrons. The maximum absolute atomic E-state index is 14.0. The maximum atomic E-state index is 14.0. The summed E-state index contributed by atoms with van der Waals surface area (Å²) in [5, 5.41) is 14.2. The Morgan fingerprint density at radius 3 is 2.27 bits per heavy atom. The predicted octanol–water partition coefficient (Wildman–Crippen LogP) is 4.42. The lowest BCUT2D eigenvalue weighted by atomic mass is 10.1. The molecule has 0 bridgehead atoms. The Morgan fingerprint density at radius 1 is 1.07 bits per heavy atom. The third kappa shape index (κ3) is 7.61. The van der Waals surface area contributed by atoms with Crippen molar-refractivity contribution in [2.75, 3.05) is 24.5 Å². The van der Waals surface area contributed by atoms with Gasteiger partial charge in [0, 0.05) is 29.2 Å². The lowest BCUT2D eigenvalue weighted by molar-refractivity contribution is -0.385. The van der Waals surface area contributed by atoms with E-state index < -0.39 is 39.3 Å². The van der Waals surface area contributed by atoms with E-state index in [0.29, 0.717) is 12.3 Å². The highest BCUT2D eigenvalue weighted by molar-refractivity contribution is 9.10. The lowest BCUT2D eigenvalue weighted by Gasteiger charge is -2.32. The minimum atomic E-state index is -4.48. The number of carbonyl (C=O) groups is 2. The summed E-state index contributed by atoms with van der Waals surface area (Å²) in [6.07, 6.45) is 0. The fourth-order valence-corrected chi connectivity index (χ4v) is 5.74. The third-order valence-corrected chi connectivity index (χ3v) is 8.69. The van der Waals surface area contributed by atoms with Crippen molar-refractivity contribution in [3.05, 3.63) is 92.4 Å². The molecule has 1 N–H and O–H groups in total. The average molecular weight is 648 g/mol. The Bertz CT molecular complexity index is 1510. The second-order valence-corrected chi connectivity index (χ2v) is 11.9. The Balaban J connectivity index is 2.08. The molecule has 3 aromatic rings. The van der Waals surface area contributed by atoms with E-state index in [-0.39, 0.29) is 28.4 Å². The fourth-order valence-electron chi connectivity index (χ4n) is 4.04. The highest BCUT2D eigenvalue weighted by atomic mass is 79.9. The summed E-state index contributed by atoms with van der Waals surface area (Å²) in [6.45, 7) is 4.54. The molecule has 3 aromatic carbocycles. The number of nitro groups is 1. The number of halogens is 1. The fraction of sp³-hybridized carbons (Fsp3) is 0.286. The van der Waals surface area contributed by atoms with Gasteiger partial charge in [0.25, 0.3) is 15.7 Å². The van der Waals surface area contributed by atoms with Crippen LogP contribution in [-0.4, -0.2) is 56.3 Å². The number of rotatable bonds is 12. The molecule has 0 saturated heterocycles. The molecule has 0 aromatic heterocycles. The number of sulfonamides is 1. The number of nitrogens with zero attached hydrogens (tertiary/aromatic N) is 3. The summed E-state index contributed by atoms with van der Waals surface area (Å²) in [4.78, 5) is 38.5. The maximum Gasteiger partial charge on any atom is 0.273 e. The molecule has 0 radical (unpaired) electrons. The first kappa shape index (κ1) is 31.6. The van der Waals surface area contributed by atoms with Gasteiger partial charge in [0.2, 0.25) is 11.8 Å². The van der Waals surface area contributed by atoms with E-state index >= 15 is 0 Å². The number of amides is 2. The zero-order chi connectivity index (χ0) is 30.3. The second kappa shape index (κ2) is 13.6. The minimum absolute atomic E-state index is 0.0386. The molecule has 11 nitrogen and oxygen atoms in total. The van der Waals surface area contributed by atoms with Crippen LogP contribution in [0.2, 0.25) is 0 Å². The highest BCUT2D eigenvalue weighted by Gasteiger charge is 2.33. The smallest absolute Gasteiger partial charge is 0.273 e. The number of ether oxygens (including phenoxy) is 1. The molecule has 0 aliphatic carbocycles. The number of benzene rings is 3. The van der Waals surface area contributed by atoms with E-state index in [1.807, 2.05) is 0 Å². The number of anilines is 1. The zero-order valence-corrected chi connectivity index (χ0v) is 25.4. The van der Waals surface area contributed by atoms with Gasteiger partial charge in [-0.3, -0.25) is 24.0 Å². The van der Waals surface area contributed by atoms with E-state index in [0.717, 1.165) is 20.4 Å². The van der Waals surface area contributed by atoms with Gasteiger partial charge in [0.15, 0.2) is 0 Å². The van der Waals surface area contributed by atoms with Crippen LogP contribution < -0.4 is 14.4 Å². The number of hydrogen-bond donors (Lipinski definition) is 1. The predicted molar refractivity (Wildman–Crippen MR) is 158 cm³/mol. The SMILES string of the molecule is CCNC(=O)[C@@H](C)N(Cc1ccc(Br)cc1)C(=O)CN(c1ccc(OC)cc1)S(=O)(=O)c1ccc(C)c([N+](=O)[O-])c1. The minimum Gasteiger partial charge on any atom is -0.497 e. The first-order valence-corrected chi connectivity index (χ1v) is 14.9. The summed E-state index contributed by atoms with van der Waals surface area (Å²) in [5.74, 6) is -0.580. The van der Waals surface area contributed by atoms with Crippen molar-refractivity contribution in [2.45, 2.75) is 38.3 Å². The van der Waals surface area contributed by atoms with E-state index in [2.05, 4.69) is 21.2 Å². The Hall–Kier alpha value is -3.97. The standard InChI is InChI=1S/C28H31BrN4O7S/c1-5-30-28(35)20(3)31(17-21-7-9-22(29)10-8-21)27(34)18-32(23-11-13-24(40-4)14-12-23)41(38,39)25-15-6-19(2)26(16-25)33(36)37/h6-16,20H,5,17-18H2,1-4H3,(H,30,35)/t20-/m1/s1.